The Morgan fingerprint density at radius 2 is 1.71 bits per heavy atom. The molecule has 0 unspecified atom stereocenters. The fourth-order valence-electron chi connectivity index (χ4n) is 2.81. The van der Waals surface area contributed by atoms with Crippen LogP contribution in [0.15, 0.2) is 65.5 Å². The minimum atomic E-state index is -4.58. The quantitative estimate of drug-likeness (QED) is 0.677. The van der Waals surface area contributed by atoms with Gasteiger partial charge in [-0.1, -0.05) is 48.5 Å². The first-order valence-electron chi connectivity index (χ1n) is 8.57. The highest BCUT2D eigenvalue weighted by atomic mass is 19.4. The fraction of sp³-hybridized carbons (Fsp3) is 0.200. The maximum atomic E-state index is 13.5. The molecule has 0 fully saturated rings. The number of anilines is 1. The zero-order valence-corrected chi connectivity index (χ0v) is 14.8. The molecule has 0 bridgehead atoms. The lowest BCUT2D eigenvalue weighted by Gasteiger charge is -2.17. The third-order valence-corrected chi connectivity index (χ3v) is 4.12. The van der Waals surface area contributed by atoms with Gasteiger partial charge in [0, 0.05) is 18.2 Å². The van der Waals surface area contributed by atoms with E-state index in [0.717, 1.165) is 16.3 Å². The molecule has 0 saturated carbocycles. The molecule has 0 aliphatic heterocycles. The molecule has 0 radical (unpaired) electrons. The zero-order valence-electron chi connectivity index (χ0n) is 14.8. The normalized spacial score (nSPS) is 11.4. The minimum absolute atomic E-state index is 0.00286. The van der Waals surface area contributed by atoms with Crippen molar-refractivity contribution >= 4 is 5.69 Å². The maximum absolute atomic E-state index is 13.5. The molecule has 3 rings (SSSR count). The Morgan fingerprint density at radius 1 is 1.04 bits per heavy atom. The van der Waals surface area contributed by atoms with Gasteiger partial charge in [-0.25, -0.2) is 4.68 Å². The number of nitrogens with one attached hydrogen (secondary N) is 1. The van der Waals surface area contributed by atoms with Crippen molar-refractivity contribution in [3.05, 3.63) is 82.1 Å². The van der Waals surface area contributed by atoms with Gasteiger partial charge in [0.15, 0.2) is 0 Å². The molecule has 0 aliphatic carbocycles. The second-order valence-corrected chi connectivity index (χ2v) is 6.07. The molecular weight excluding hydrogens is 371 g/mol. The monoisotopic (exact) mass is 389 g/mol. The molecule has 1 aromatic heterocycles. The third-order valence-electron chi connectivity index (χ3n) is 4.12. The van der Waals surface area contributed by atoms with Crippen molar-refractivity contribution in [1.29, 1.82) is 0 Å². The van der Waals surface area contributed by atoms with E-state index in [1.165, 1.54) is 24.3 Å². The number of aliphatic hydroxyl groups is 1. The first-order valence-corrected chi connectivity index (χ1v) is 8.57. The highest BCUT2D eigenvalue weighted by molar-refractivity contribution is 5.76. The minimum Gasteiger partial charge on any atom is -0.394 e. The third kappa shape index (κ3) is 4.40. The summed E-state index contributed by atoms with van der Waals surface area (Å²) in [5.74, 6) is 0. The maximum Gasteiger partial charge on any atom is 0.417 e. The number of benzene rings is 2. The Hall–Kier alpha value is -3.13. The zero-order chi connectivity index (χ0) is 20.1. The number of alkyl halides is 3. The average Bonchev–Trinajstić information content (AvgIpc) is 2.68. The standard InChI is InChI=1S/C20H18F3N3O2/c21-20(22,23)16-9-5-4-8-15(16)19-17(12-18(28)26(25-19)10-11-27)24-13-14-6-2-1-3-7-14/h1-9,12,24,27H,10-11,13H2. The van der Waals surface area contributed by atoms with Crippen molar-refractivity contribution < 1.29 is 18.3 Å². The van der Waals surface area contributed by atoms with E-state index < -0.39 is 17.3 Å². The molecule has 0 aliphatic rings. The lowest BCUT2D eigenvalue weighted by molar-refractivity contribution is -0.137. The predicted octanol–water partition coefficient (Wildman–Crippen LogP) is 3.53. The molecule has 8 heteroatoms. The van der Waals surface area contributed by atoms with Gasteiger partial charge in [-0.2, -0.15) is 18.3 Å². The molecule has 0 atom stereocenters. The Morgan fingerprint density at radius 3 is 2.39 bits per heavy atom. The molecule has 5 nitrogen and oxygen atoms in total. The first-order chi connectivity index (χ1) is 13.4. The first kappa shape index (κ1) is 19.6. The van der Waals surface area contributed by atoms with Crippen molar-refractivity contribution in [2.45, 2.75) is 19.3 Å². The summed E-state index contributed by atoms with van der Waals surface area (Å²) in [7, 11) is 0. The van der Waals surface area contributed by atoms with Gasteiger partial charge in [0.2, 0.25) is 0 Å². The number of aliphatic hydroxyl groups excluding tert-OH is 1. The van der Waals surface area contributed by atoms with Gasteiger partial charge in [0.1, 0.15) is 5.69 Å². The van der Waals surface area contributed by atoms with E-state index in [4.69, 9.17) is 5.11 Å². The van der Waals surface area contributed by atoms with E-state index in [0.29, 0.717) is 6.54 Å². The van der Waals surface area contributed by atoms with Gasteiger partial charge < -0.3 is 10.4 Å². The van der Waals surface area contributed by atoms with Gasteiger partial charge >= 0.3 is 6.18 Å². The molecule has 0 spiro atoms. The van der Waals surface area contributed by atoms with Crippen molar-refractivity contribution in [1.82, 2.24) is 9.78 Å². The number of nitrogens with zero attached hydrogens (tertiary/aromatic N) is 2. The topological polar surface area (TPSA) is 67.2 Å². The molecule has 1 heterocycles. The Balaban J connectivity index is 2.10. The Kier molecular flexibility index (Phi) is 5.79. The van der Waals surface area contributed by atoms with Crippen LogP contribution in [0.5, 0.6) is 0 Å². The van der Waals surface area contributed by atoms with E-state index in [-0.39, 0.29) is 30.1 Å². The molecule has 146 valence electrons. The van der Waals surface area contributed by atoms with E-state index in [1.54, 1.807) is 0 Å². The highest BCUT2D eigenvalue weighted by Crippen LogP contribution is 2.38. The summed E-state index contributed by atoms with van der Waals surface area (Å²) in [6, 6.07) is 15.5. The van der Waals surface area contributed by atoms with E-state index in [2.05, 4.69) is 10.4 Å². The van der Waals surface area contributed by atoms with E-state index >= 15 is 0 Å². The molecule has 0 saturated heterocycles. The lowest BCUT2D eigenvalue weighted by Crippen LogP contribution is -2.25. The molecule has 2 N–H and O–H groups in total. The van der Waals surface area contributed by atoms with Gasteiger partial charge in [0.05, 0.1) is 24.4 Å². The number of rotatable bonds is 6. The van der Waals surface area contributed by atoms with E-state index in [1.807, 2.05) is 30.3 Å². The summed E-state index contributed by atoms with van der Waals surface area (Å²) >= 11 is 0. The molecule has 2 aromatic carbocycles. The van der Waals surface area contributed by atoms with Crippen LogP contribution in [0, 0.1) is 0 Å². The summed E-state index contributed by atoms with van der Waals surface area (Å²) in [6.07, 6.45) is -4.58. The summed E-state index contributed by atoms with van der Waals surface area (Å²) in [5.41, 5.74) is -0.414. The molecular formula is C20H18F3N3O2. The fourth-order valence-corrected chi connectivity index (χ4v) is 2.81. The van der Waals surface area contributed by atoms with Gasteiger partial charge in [-0.15, -0.1) is 0 Å². The van der Waals surface area contributed by atoms with Crippen LogP contribution in [0.2, 0.25) is 0 Å². The highest BCUT2D eigenvalue weighted by Gasteiger charge is 2.34. The van der Waals surface area contributed by atoms with Crippen molar-refractivity contribution in [3.8, 4) is 11.3 Å². The second kappa shape index (κ2) is 8.26. The number of hydrogen-bond acceptors (Lipinski definition) is 4. The molecule has 0 amide bonds. The summed E-state index contributed by atoms with van der Waals surface area (Å²) in [5, 5.41) is 16.2. The summed E-state index contributed by atoms with van der Waals surface area (Å²) in [4.78, 5) is 12.2. The van der Waals surface area contributed by atoms with Crippen LogP contribution < -0.4 is 10.9 Å². The number of halogens is 3. The predicted molar refractivity (Wildman–Crippen MR) is 99.8 cm³/mol. The van der Waals surface area contributed by atoms with Crippen molar-refractivity contribution in [3.63, 3.8) is 0 Å². The van der Waals surface area contributed by atoms with Crippen LogP contribution in [-0.4, -0.2) is 21.5 Å². The average molecular weight is 389 g/mol. The van der Waals surface area contributed by atoms with Gasteiger partial charge in [0.25, 0.3) is 5.56 Å². The number of aromatic nitrogens is 2. The van der Waals surface area contributed by atoms with Crippen molar-refractivity contribution in [2.24, 2.45) is 0 Å². The second-order valence-electron chi connectivity index (χ2n) is 6.07. The molecule has 3 aromatic rings. The SMILES string of the molecule is O=c1cc(NCc2ccccc2)c(-c2ccccc2C(F)(F)F)nn1CCO. The Bertz CT molecular complexity index is 1000. The van der Waals surface area contributed by atoms with E-state index in [9.17, 15) is 18.0 Å². The molecule has 28 heavy (non-hydrogen) atoms. The van der Waals surface area contributed by atoms with Crippen LogP contribution in [0.4, 0.5) is 18.9 Å². The smallest absolute Gasteiger partial charge is 0.394 e. The van der Waals surface area contributed by atoms with Gasteiger partial charge in [-0.3, -0.25) is 4.79 Å². The van der Waals surface area contributed by atoms with Gasteiger partial charge in [-0.05, 0) is 11.6 Å². The van der Waals surface area contributed by atoms with Crippen LogP contribution >= 0.6 is 0 Å². The summed E-state index contributed by atoms with van der Waals surface area (Å²) in [6.45, 7) is -0.157. The Labute approximate surface area is 159 Å². The van der Waals surface area contributed by atoms with Crippen LogP contribution in [-0.2, 0) is 19.3 Å². The largest absolute Gasteiger partial charge is 0.417 e. The summed E-state index contributed by atoms with van der Waals surface area (Å²) < 4.78 is 41.4. The lowest BCUT2D eigenvalue weighted by atomic mass is 10.0. The van der Waals surface area contributed by atoms with Crippen LogP contribution in [0.1, 0.15) is 11.1 Å². The van der Waals surface area contributed by atoms with Crippen LogP contribution in [0.3, 0.4) is 0 Å². The van der Waals surface area contributed by atoms with Crippen LogP contribution in [0.25, 0.3) is 11.3 Å². The van der Waals surface area contributed by atoms with Crippen molar-refractivity contribution in [2.75, 3.05) is 11.9 Å². The number of hydrogen-bond donors (Lipinski definition) is 2.